The number of aromatic nitrogens is 2. The van der Waals surface area contributed by atoms with Crippen molar-refractivity contribution in [3.8, 4) is 5.69 Å². The number of aliphatic hydroxyl groups excluding tert-OH is 1. The van der Waals surface area contributed by atoms with Gasteiger partial charge in [0.1, 0.15) is 17.9 Å². The fraction of sp³-hybridized carbons (Fsp3) is 0.235. The van der Waals surface area contributed by atoms with E-state index in [0.717, 1.165) is 0 Å². The lowest BCUT2D eigenvalue weighted by Crippen LogP contribution is -2.10. The van der Waals surface area contributed by atoms with Crippen LogP contribution in [0.25, 0.3) is 16.7 Å². The van der Waals surface area contributed by atoms with E-state index in [1.54, 1.807) is 41.8 Å². The van der Waals surface area contributed by atoms with Crippen LogP contribution in [-0.2, 0) is 12.8 Å². The van der Waals surface area contributed by atoms with Crippen molar-refractivity contribution >= 4 is 11.0 Å². The maximum atomic E-state index is 13.5. The molecule has 0 unspecified atom stereocenters. The fourth-order valence-electron chi connectivity index (χ4n) is 2.80. The van der Waals surface area contributed by atoms with E-state index in [2.05, 4.69) is 4.98 Å². The highest BCUT2D eigenvalue weighted by Gasteiger charge is 2.37. The minimum atomic E-state index is -4.50. The maximum Gasteiger partial charge on any atom is 0.418 e. The molecule has 0 aliphatic rings. The summed E-state index contributed by atoms with van der Waals surface area (Å²) >= 11 is 0. The minimum Gasteiger partial charge on any atom is -0.388 e. The van der Waals surface area contributed by atoms with Crippen LogP contribution in [0.15, 0.2) is 36.4 Å². The Bertz CT molecular complexity index is 867. The van der Waals surface area contributed by atoms with E-state index in [1.807, 2.05) is 6.07 Å². The van der Waals surface area contributed by atoms with Gasteiger partial charge in [-0.05, 0) is 43.2 Å². The Morgan fingerprint density at radius 2 is 1.78 bits per heavy atom. The van der Waals surface area contributed by atoms with Gasteiger partial charge < -0.3 is 5.11 Å². The van der Waals surface area contributed by atoms with Crippen molar-refractivity contribution in [1.29, 1.82) is 0 Å². The second kappa shape index (κ2) is 5.38. The molecule has 1 N–H and O–H groups in total. The van der Waals surface area contributed by atoms with Gasteiger partial charge in [-0.2, -0.15) is 13.2 Å². The number of alkyl halides is 3. The molecule has 0 radical (unpaired) electrons. The highest BCUT2D eigenvalue weighted by Crippen LogP contribution is 2.39. The number of halogens is 3. The predicted octanol–water partition coefficient (Wildman–Crippen LogP) is 4.15. The zero-order chi connectivity index (χ0) is 16.8. The van der Waals surface area contributed by atoms with Crippen LogP contribution in [-0.4, -0.2) is 14.7 Å². The first-order chi connectivity index (χ1) is 10.8. The molecule has 3 aromatic rings. The second-order valence-corrected chi connectivity index (χ2v) is 5.42. The largest absolute Gasteiger partial charge is 0.418 e. The quantitative estimate of drug-likeness (QED) is 0.770. The Morgan fingerprint density at radius 1 is 1.13 bits per heavy atom. The molecule has 0 bridgehead atoms. The van der Waals surface area contributed by atoms with Gasteiger partial charge in [0, 0.05) is 5.69 Å². The second-order valence-electron chi connectivity index (χ2n) is 5.42. The summed E-state index contributed by atoms with van der Waals surface area (Å²) < 4.78 is 42.0. The Hall–Kier alpha value is -2.34. The average molecular weight is 320 g/mol. The summed E-state index contributed by atoms with van der Waals surface area (Å²) in [6, 6.07) is 10.6. The van der Waals surface area contributed by atoms with Gasteiger partial charge in [0.05, 0.1) is 11.1 Å². The number of fused-ring (bicyclic) bond motifs is 1. The third-order valence-electron chi connectivity index (χ3n) is 3.98. The van der Waals surface area contributed by atoms with Gasteiger partial charge >= 0.3 is 6.18 Å². The fourth-order valence-corrected chi connectivity index (χ4v) is 2.80. The molecule has 0 saturated heterocycles. The molecule has 3 nitrogen and oxygen atoms in total. The third-order valence-corrected chi connectivity index (χ3v) is 3.98. The lowest BCUT2D eigenvalue weighted by molar-refractivity contribution is -0.136. The van der Waals surface area contributed by atoms with E-state index in [1.165, 1.54) is 6.92 Å². The van der Waals surface area contributed by atoms with E-state index in [-0.39, 0.29) is 16.9 Å². The van der Waals surface area contributed by atoms with Crippen LogP contribution < -0.4 is 0 Å². The number of para-hydroxylation sites is 1. The molecule has 23 heavy (non-hydrogen) atoms. The van der Waals surface area contributed by atoms with E-state index < -0.39 is 18.3 Å². The number of aryl methyl sites for hydroxylation is 1. The van der Waals surface area contributed by atoms with Crippen molar-refractivity contribution in [2.75, 3.05) is 0 Å². The van der Waals surface area contributed by atoms with E-state index in [4.69, 9.17) is 0 Å². The first-order valence-corrected chi connectivity index (χ1v) is 7.09. The van der Waals surface area contributed by atoms with Crippen molar-refractivity contribution in [2.45, 2.75) is 26.6 Å². The first-order valence-electron chi connectivity index (χ1n) is 7.09. The van der Waals surface area contributed by atoms with Crippen LogP contribution in [0, 0.1) is 13.8 Å². The number of imidazole rings is 1. The summed E-state index contributed by atoms with van der Waals surface area (Å²) in [6.07, 6.45) is -4.50. The lowest BCUT2D eigenvalue weighted by Gasteiger charge is -2.14. The molecule has 2 aromatic carbocycles. The van der Waals surface area contributed by atoms with E-state index in [0.29, 0.717) is 16.8 Å². The first kappa shape index (κ1) is 15.6. The number of nitrogens with zero attached hydrogens (tertiary/aromatic N) is 2. The van der Waals surface area contributed by atoms with Crippen LogP contribution in [0.1, 0.15) is 22.5 Å². The summed E-state index contributed by atoms with van der Waals surface area (Å²) in [7, 11) is 0. The van der Waals surface area contributed by atoms with Crippen LogP contribution in [0.5, 0.6) is 0 Å². The molecule has 0 amide bonds. The van der Waals surface area contributed by atoms with E-state index >= 15 is 0 Å². The Morgan fingerprint density at radius 3 is 2.35 bits per heavy atom. The van der Waals surface area contributed by atoms with Gasteiger partial charge in [0.25, 0.3) is 0 Å². The van der Waals surface area contributed by atoms with Gasteiger partial charge in [-0.3, -0.25) is 4.57 Å². The predicted molar refractivity (Wildman–Crippen MR) is 81.5 cm³/mol. The smallest absolute Gasteiger partial charge is 0.388 e. The molecule has 1 heterocycles. The van der Waals surface area contributed by atoms with Gasteiger partial charge in [-0.25, -0.2) is 4.98 Å². The summed E-state index contributed by atoms with van der Waals surface area (Å²) in [5, 5.41) is 9.55. The van der Waals surface area contributed by atoms with Gasteiger partial charge in [0.2, 0.25) is 0 Å². The normalized spacial score (nSPS) is 12.1. The Labute approximate surface area is 131 Å². The number of hydrogen-bond acceptors (Lipinski definition) is 2. The van der Waals surface area contributed by atoms with Crippen molar-refractivity contribution in [3.05, 3.63) is 58.9 Å². The van der Waals surface area contributed by atoms with Crippen molar-refractivity contribution in [2.24, 2.45) is 0 Å². The topological polar surface area (TPSA) is 38.1 Å². The molecule has 0 spiro atoms. The van der Waals surface area contributed by atoms with Crippen LogP contribution in [0.3, 0.4) is 0 Å². The average Bonchev–Trinajstić information content (AvgIpc) is 2.85. The molecule has 120 valence electrons. The molecular weight excluding hydrogens is 305 g/mol. The van der Waals surface area contributed by atoms with Gasteiger partial charge in [-0.1, -0.05) is 18.2 Å². The number of hydrogen-bond donors (Lipinski definition) is 1. The van der Waals surface area contributed by atoms with Crippen molar-refractivity contribution in [3.63, 3.8) is 0 Å². The molecule has 3 rings (SSSR count). The molecule has 6 heteroatoms. The summed E-state index contributed by atoms with van der Waals surface area (Å²) in [4.78, 5) is 4.07. The van der Waals surface area contributed by atoms with Crippen molar-refractivity contribution in [1.82, 2.24) is 9.55 Å². The van der Waals surface area contributed by atoms with Crippen LogP contribution >= 0.6 is 0 Å². The standard InChI is InChI=1S/C17H15F3N2O/c1-10-8-13-16(15(11(10)2)17(18,19)20)21-14(9-23)22(13)12-6-4-3-5-7-12/h3-8,23H,9H2,1-2H3. The highest BCUT2D eigenvalue weighted by atomic mass is 19.4. The highest BCUT2D eigenvalue weighted by molar-refractivity contribution is 5.84. The molecule has 0 saturated carbocycles. The molecule has 0 aliphatic heterocycles. The van der Waals surface area contributed by atoms with Crippen LogP contribution in [0.2, 0.25) is 0 Å². The minimum absolute atomic E-state index is 0.131. The Balaban J connectivity index is 2.46. The Kier molecular flexibility index (Phi) is 3.64. The number of aliphatic hydroxyl groups is 1. The SMILES string of the molecule is Cc1cc2c(nc(CO)n2-c2ccccc2)c(C(F)(F)F)c1C. The molecule has 0 aliphatic carbocycles. The summed E-state index contributed by atoms with van der Waals surface area (Å²) in [5.74, 6) is 0.182. The molecular formula is C17H15F3N2O. The van der Waals surface area contributed by atoms with Gasteiger partial charge in [0.15, 0.2) is 0 Å². The summed E-state index contributed by atoms with van der Waals surface area (Å²) in [5.41, 5.74) is 0.829. The third kappa shape index (κ3) is 2.49. The lowest BCUT2D eigenvalue weighted by atomic mass is 10.0. The number of rotatable bonds is 2. The van der Waals surface area contributed by atoms with E-state index in [9.17, 15) is 18.3 Å². The maximum absolute atomic E-state index is 13.5. The summed E-state index contributed by atoms with van der Waals surface area (Å²) in [6.45, 7) is 2.64. The molecule has 0 atom stereocenters. The van der Waals surface area contributed by atoms with Gasteiger partial charge in [-0.15, -0.1) is 0 Å². The zero-order valence-corrected chi connectivity index (χ0v) is 12.6. The monoisotopic (exact) mass is 320 g/mol. The van der Waals surface area contributed by atoms with Crippen LogP contribution in [0.4, 0.5) is 13.2 Å². The van der Waals surface area contributed by atoms with Crippen molar-refractivity contribution < 1.29 is 18.3 Å². The molecule has 0 fully saturated rings. The molecule has 1 aromatic heterocycles. The number of benzene rings is 2. The zero-order valence-electron chi connectivity index (χ0n) is 12.6.